The van der Waals surface area contributed by atoms with Gasteiger partial charge in [0.2, 0.25) is 0 Å². The van der Waals surface area contributed by atoms with Gasteiger partial charge in [0, 0.05) is 37.4 Å². The lowest BCUT2D eigenvalue weighted by molar-refractivity contribution is 0.112. The summed E-state index contributed by atoms with van der Waals surface area (Å²) in [5, 5.41) is 3.49. The average molecular weight is 287 g/mol. The summed E-state index contributed by atoms with van der Waals surface area (Å²) in [6.07, 6.45) is 10.8. The zero-order chi connectivity index (χ0) is 14.5. The van der Waals surface area contributed by atoms with Gasteiger partial charge in [-0.15, -0.1) is 0 Å². The Hall–Kier alpha value is -1.42. The van der Waals surface area contributed by atoms with Crippen LogP contribution in [0.4, 0.5) is 5.82 Å². The van der Waals surface area contributed by atoms with Gasteiger partial charge in [0.1, 0.15) is 5.82 Å². The number of anilines is 1. The van der Waals surface area contributed by atoms with Crippen LogP contribution in [0.3, 0.4) is 0 Å². The fourth-order valence-electron chi connectivity index (χ4n) is 3.62. The molecule has 0 aromatic carbocycles. The van der Waals surface area contributed by atoms with E-state index in [0.717, 1.165) is 24.6 Å². The molecule has 1 saturated carbocycles. The number of likely N-dealkylation sites (tertiary alicyclic amines) is 1. The van der Waals surface area contributed by atoms with Gasteiger partial charge in [-0.05, 0) is 37.3 Å². The van der Waals surface area contributed by atoms with Crippen LogP contribution in [0.1, 0.15) is 48.9 Å². The first-order chi connectivity index (χ1) is 10.3. The molecule has 1 saturated heterocycles. The van der Waals surface area contributed by atoms with E-state index >= 15 is 0 Å². The van der Waals surface area contributed by atoms with E-state index in [2.05, 4.69) is 15.2 Å². The summed E-state index contributed by atoms with van der Waals surface area (Å²) in [4.78, 5) is 17.5. The van der Waals surface area contributed by atoms with E-state index in [1.54, 1.807) is 6.20 Å². The molecule has 0 radical (unpaired) electrons. The Morgan fingerprint density at radius 1 is 1.24 bits per heavy atom. The maximum atomic E-state index is 10.6. The molecule has 3 rings (SSSR count). The first-order valence-corrected chi connectivity index (χ1v) is 8.23. The highest BCUT2D eigenvalue weighted by Gasteiger charge is 2.25. The minimum absolute atomic E-state index is 0.489. The van der Waals surface area contributed by atoms with E-state index in [0.29, 0.717) is 11.6 Å². The molecule has 1 unspecified atom stereocenters. The first-order valence-electron chi connectivity index (χ1n) is 8.23. The molecule has 2 heterocycles. The Morgan fingerprint density at radius 3 is 2.81 bits per heavy atom. The van der Waals surface area contributed by atoms with E-state index in [-0.39, 0.29) is 0 Å². The molecule has 0 bridgehead atoms. The van der Waals surface area contributed by atoms with Crippen LogP contribution >= 0.6 is 0 Å². The first kappa shape index (κ1) is 14.5. The normalized spacial score (nSPS) is 24.1. The maximum Gasteiger partial charge on any atom is 0.151 e. The van der Waals surface area contributed by atoms with Gasteiger partial charge < -0.3 is 10.2 Å². The van der Waals surface area contributed by atoms with Crippen LogP contribution in [-0.2, 0) is 0 Å². The highest BCUT2D eigenvalue weighted by atomic mass is 16.1. The summed E-state index contributed by atoms with van der Waals surface area (Å²) >= 11 is 0. The number of nitrogens with one attached hydrogen (secondary N) is 1. The summed E-state index contributed by atoms with van der Waals surface area (Å²) in [5.41, 5.74) is 0.630. The van der Waals surface area contributed by atoms with E-state index in [1.165, 1.54) is 51.6 Å². The predicted octanol–water partition coefficient (Wildman–Crippen LogP) is 2.96. The monoisotopic (exact) mass is 287 g/mol. The van der Waals surface area contributed by atoms with Crippen molar-refractivity contribution in [2.45, 2.75) is 44.6 Å². The minimum atomic E-state index is 0.489. The summed E-state index contributed by atoms with van der Waals surface area (Å²) in [7, 11) is 0. The number of carbonyl (C=O) groups is 1. The number of aromatic nitrogens is 1. The molecule has 114 valence electrons. The summed E-state index contributed by atoms with van der Waals surface area (Å²) in [6, 6.07) is 4.20. The topological polar surface area (TPSA) is 45.2 Å². The van der Waals surface area contributed by atoms with Crippen LogP contribution in [0, 0.1) is 5.92 Å². The van der Waals surface area contributed by atoms with Crippen LogP contribution in [0.5, 0.6) is 0 Å². The minimum Gasteiger partial charge on any atom is -0.366 e. The van der Waals surface area contributed by atoms with E-state index in [4.69, 9.17) is 0 Å². The van der Waals surface area contributed by atoms with Crippen molar-refractivity contribution in [3.05, 3.63) is 23.9 Å². The lowest BCUT2D eigenvalue weighted by atomic mass is 9.89. The number of hydrogen-bond acceptors (Lipinski definition) is 4. The second kappa shape index (κ2) is 7.03. The van der Waals surface area contributed by atoms with Crippen molar-refractivity contribution >= 4 is 12.1 Å². The molecule has 1 aromatic rings. The summed E-state index contributed by atoms with van der Waals surface area (Å²) in [6.45, 7) is 3.59. The van der Waals surface area contributed by atoms with Gasteiger partial charge >= 0.3 is 0 Å². The second-order valence-corrected chi connectivity index (χ2v) is 6.49. The van der Waals surface area contributed by atoms with Crippen molar-refractivity contribution in [3.63, 3.8) is 0 Å². The predicted molar refractivity (Wildman–Crippen MR) is 84.7 cm³/mol. The molecule has 1 N–H and O–H groups in total. The van der Waals surface area contributed by atoms with Crippen molar-refractivity contribution in [1.29, 1.82) is 0 Å². The second-order valence-electron chi connectivity index (χ2n) is 6.49. The highest BCUT2D eigenvalue weighted by molar-refractivity contribution is 5.74. The van der Waals surface area contributed by atoms with E-state index in [1.807, 2.05) is 12.1 Å². The quantitative estimate of drug-likeness (QED) is 0.846. The van der Waals surface area contributed by atoms with Crippen LogP contribution in [0.25, 0.3) is 0 Å². The van der Waals surface area contributed by atoms with Crippen molar-refractivity contribution in [3.8, 4) is 0 Å². The zero-order valence-corrected chi connectivity index (χ0v) is 12.6. The third-order valence-corrected chi connectivity index (χ3v) is 4.79. The van der Waals surface area contributed by atoms with E-state index in [9.17, 15) is 4.79 Å². The number of nitrogens with zero attached hydrogens (tertiary/aromatic N) is 2. The van der Waals surface area contributed by atoms with Crippen molar-refractivity contribution in [2.24, 2.45) is 5.92 Å². The molecule has 1 aliphatic heterocycles. The van der Waals surface area contributed by atoms with Gasteiger partial charge in [-0.25, -0.2) is 4.98 Å². The lowest BCUT2D eigenvalue weighted by Gasteiger charge is -2.26. The zero-order valence-electron chi connectivity index (χ0n) is 12.6. The average Bonchev–Trinajstić information content (AvgIpc) is 2.96. The Kier molecular flexibility index (Phi) is 4.86. The molecule has 1 aliphatic carbocycles. The van der Waals surface area contributed by atoms with Gasteiger partial charge in [-0.1, -0.05) is 19.3 Å². The number of carbonyl (C=O) groups excluding carboxylic acids is 1. The molecule has 4 nitrogen and oxygen atoms in total. The molecular formula is C17H25N3O. The third-order valence-electron chi connectivity index (χ3n) is 4.79. The standard InChI is InChI=1S/C17H25N3O/c21-13-15-6-7-17(18-10-15)19-16-8-9-20(12-16)11-14-4-2-1-3-5-14/h6-7,10,13-14,16H,1-5,8-9,11-12H2,(H,18,19). The SMILES string of the molecule is O=Cc1ccc(NC2CCN(CC3CCCCC3)C2)nc1. The molecule has 0 amide bonds. The lowest BCUT2D eigenvalue weighted by Crippen LogP contribution is -2.31. The van der Waals surface area contributed by atoms with Crippen LogP contribution in [0.2, 0.25) is 0 Å². The van der Waals surface area contributed by atoms with Crippen molar-refractivity contribution in [1.82, 2.24) is 9.88 Å². The molecule has 4 heteroatoms. The molecular weight excluding hydrogens is 262 g/mol. The van der Waals surface area contributed by atoms with Crippen LogP contribution < -0.4 is 5.32 Å². The molecule has 21 heavy (non-hydrogen) atoms. The van der Waals surface area contributed by atoms with Gasteiger partial charge in [-0.2, -0.15) is 0 Å². The molecule has 1 atom stereocenters. The number of hydrogen-bond donors (Lipinski definition) is 1. The number of rotatable bonds is 5. The fraction of sp³-hybridized carbons (Fsp3) is 0.647. The largest absolute Gasteiger partial charge is 0.366 e. The fourth-order valence-corrected chi connectivity index (χ4v) is 3.62. The molecule has 2 fully saturated rings. The van der Waals surface area contributed by atoms with Gasteiger partial charge in [-0.3, -0.25) is 4.79 Å². The summed E-state index contributed by atoms with van der Waals surface area (Å²) < 4.78 is 0. The summed E-state index contributed by atoms with van der Waals surface area (Å²) in [5.74, 6) is 1.80. The van der Waals surface area contributed by atoms with Gasteiger partial charge in [0.25, 0.3) is 0 Å². The smallest absolute Gasteiger partial charge is 0.151 e. The van der Waals surface area contributed by atoms with E-state index < -0.39 is 0 Å². The van der Waals surface area contributed by atoms with Crippen molar-refractivity contribution in [2.75, 3.05) is 25.0 Å². The number of aldehydes is 1. The Morgan fingerprint density at radius 2 is 2.10 bits per heavy atom. The Balaban J connectivity index is 1.46. The number of pyridine rings is 1. The van der Waals surface area contributed by atoms with Gasteiger partial charge in [0.05, 0.1) is 0 Å². The molecule has 1 aromatic heterocycles. The molecule has 0 spiro atoms. The Labute approximate surface area is 126 Å². The maximum absolute atomic E-state index is 10.6. The van der Waals surface area contributed by atoms with Crippen LogP contribution in [0.15, 0.2) is 18.3 Å². The highest BCUT2D eigenvalue weighted by Crippen LogP contribution is 2.26. The van der Waals surface area contributed by atoms with Crippen molar-refractivity contribution < 1.29 is 4.79 Å². The molecule has 2 aliphatic rings. The van der Waals surface area contributed by atoms with Crippen LogP contribution in [-0.4, -0.2) is 41.8 Å². The Bertz CT molecular complexity index is 454. The van der Waals surface area contributed by atoms with Gasteiger partial charge in [0.15, 0.2) is 6.29 Å². The third kappa shape index (κ3) is 4.03.